The highest BCUT2D eigenvalue weighted by molar-refractivity contribution is 7.91. The van der Waals surface area contributed by atoms with E-state index >= 15 is 0 Å². The summed E-state index contributed by atoms with van der Waals surface area (Å²) in [5.74, 6) is 1.07. The molecular formula is C18H20N4O4S. The van der Waals surface area contributed by atoms with Gasteiger partial charge in [-0.1, -0.05) is 12.1 Å². The van der Waals surface area contributed by atoms with Crippen molar-refractivity contribution in [1.29, 1.82) is 0 Å². The van der Waals surface area contributed by atoms with Crippen molar-refractivity contribution < 1.29 is 18.3 Å². The van der Waals surface area contributed by atoms with E-state index in [2.05, 4.69) is 4.98 Å². The molecule has 0 radical (unpaired) electrons. The van der Waals surface area contributed by atoms with E-state index in [9.17, 15) is 18.3 Å². The standard InChI is InChI=1S/C18H20N4O4S/c23-18(24)22-8-7-21(15-3-1-2-4-16(15)22)17-6-5-14(13-19-17)20-9-11-27(25,26)12-10-20/h1-6,13H,7-12H2,(H,23,24). The average molecular weight is 388 g/mol. The molecule has 2 aliphatic heterocycles. The number of carboxylic acid groups (broad SMARTS) is 1. The summed E-state index contributed by atoms with van der Waals surface area (Å²) in [6.07, 6.45) is 0.782. The minimum atomic E-state index is -2.92. The van der Waals surface area contributed by atoms with Gasteiger partial charge in [-0.2, -0.15) is 0 Å². The molecular weight excluding hydrogens is 368 g/mol. The molecule has 2 aromatic rings. The van der Waals surface area contributed by atoms with Crippen LogP contribution in [0, 0.1) is 0 Å². The van der Waals surface area contributed by atoms with E-state index in [0.717, 1.165) is 17.2 Å². The molecule has 1 saturated heterocycles. The van der Waals surface area contributed by atoms with Gasteiger partial charge in [0, 0.05) is 26.2 Å². The molecule has 1 aromatic carbocycles. The average Bonchev–Trinajstić information content (AvgIpc) is 2.67. The second-order valence-electron chi connectivity index (χ2n) is 6.59. The van der Waals surface area contributed by atoms with Gasteiger partial charge in [0.25, 0.3) is 0 Å². The summed E-state index contributed by atoms with van der Waals surface area (Å²) in [6.45, 7) is 1.82. The Labute approximate surface area is 157 Å². The van der Waals surface area contributed by atoms with Crippen LogP contribution in [-0.2, 0) is 9.84 Å². The van der Waals surface area contributed by atoms with Crippen molar-refractivity contribution in [2.45, 2.75) is 0 Å². The van der Waals surface area contributed by atoms with Gasteiger partial charge in [0.1, 0.15) is 5.82 Å². The number of rotatable bonds is 2. The molecule has 1 fully saturated rings. The molecule has 9 heteroatoms. The molecule has 4 rings (SSSR count). The fourth-order valence-corrected chi connectivity index (χ4v) is 4.70. The molecule has 0 atom stereocenters. The number of pyridine rings is 1. The molecule has 2 aliphatic rings. The van der Waals surface area contributed by atoms with Crippen molar-refractivity contribution in [2.75, 3.05) is 52.4 Å². The van der Waals surface area contributed by atoms with Gasteiger partial charge in [-0.3, -0.25) is 4.90 Å². The quantitative estimate of drug-likeness (QED) is 0.840. The molecule has 0 unspecified atom stereocenters. The summed E-state index contributed by atoms with van der Waals surface area (Å²) in [4.78, 5) is 21.4. The topological polar surface area (TPSA) is 94.0 Å². The maximum absolute atomic E-state index is 11.6. The van der Waals surface area contributed by atoms with Crippen LogP contribution in [0.4, 0.5) is 27.7 Å². The van der Waals surface area contributed by atoms with Crippen molar-refractivity contribution in [3.05, 3.63) is 42.6 Å². The highest BCUT2D eigenvalue weighted by Crippen LogP contribution is 2.37. The summed E-state index contributed by atoms with van der Waals surface area (Å²) >= 11 is 0. The van der Waals surface area contributed by atoms with E-state index in [1.54, 1.807) is 12.3 Å². The first-order chi connectivity index (χ1) is 12.9. The maximum atomic E-state index is 11.6. The van der Waals surface area contributed by atoms with E-state index in [1.165, 1.54) is 4.90 Å². The largest absolute Gasteiger partial charge is 0.465 e. The first-order valence-corrected chi connectivity index (χ1v) is 10.6. The minimum absolute atomic E-state index is 0.166. The van der Waals surface area contributed by atoms with Crippen molar-refractivity contribution >= 4 is 38.8 Å². The minimum Gasteiger partial charge on any atom is -0.465 e. The van der Waals surface area contributed by atoms with Crippen LogP contribution < -0.4 is 14.7 Å². The Morgan fingerprint density at radius 3 is 2.30 bits per heavy atom. The molecule has 3 heterocycles. The van der Waals surface area contributed by atoms with Crippen LogP contribution >= 0.6 is 0 Å². The third-order valence-corrected chi connectivity index (χ3v) is 6.57. The predicted molar refractivity (Wildman–Crippen MR) is 104 cm³/mol. The lowest BCUT2D eigenvalue weighted by atomic mass is 10.1. The second kappa shape index (κ2) is 6.73. The molecule has 1 amide bonds. The molecule has 142 valence electrons. The van der Waals surface area contributed by atoms with E-state index in [-0.39, 0.29) is 11.5 Å². The number of benzene rings is 1. The summed E-state index contributed by atoms with van der Waals surface area (Å²) in [5.41, 5.74) is 2.34. The zero-order chi connectivity index (χ0) is 19.0. The lowest BCUT2D eigenvalue weighted by Crippen LogP contribution is -2.42. The van der Waals surface area contributed by atoms with Gasteiger partial charge >= 0.3 is 6.09 Å². The van der Waals surface area contributed by atoms with E-state index in [4.69, 9.17) is 0 Å². The Bertz CT molecular complexity index is 948. The lowest BCUT2D eigenvalue weighted by molar-refractivity contribution is 0.201. The number of anilines is 4. The highest BCUT2D eigenvalue weighted by Gasteiger charge is 2.28. The predicted octanol–water partition coefficient (Wildman–Crippen LogP) is 1.95. The first kappa shape index (κ1) is 17.6. The number of hydrogen-bond acceptors (Lipinski definition) is 6. The van der Waals surface area contributed by atoms with Gasteiger partial charge in [0.05, 0.1) is 34.8 Å². The SMILES string of the molecule is O=C(O)N1CCN(c2ccc(N3CCS(=O)(=O)CC3)cn2)c2ccccc21. The molecule has 0 saturated carbocycles. The molecule has 0 aliphatic carbocycles. The fourth-order valence-electron chi connectivity index (χ4n) is 3.49. The Balaban J connectivity index is 1.57. The van der Waals surface area contributed by atoms with Gasteiger partial charge in [-0.15, -0.1) is 0 Å². The van der Waals surface area contributed by atoms with Crippen LogP contribution in [0.5, 0.6) is 0 Å². The smallest absolute Gasteiger partial charge is 0.411 e. The van der Waals surface area contributed by atoms with Crippen LogP contribution in [0.2, 0.25) is 0 Å². The van der Waals surface area contributed by atoms with Gasteiger partial charge in [-0.05, 0) is 24.3 Å². The number of para-hydroxylation sites is 2. The van der Waals surface area contributed by atoms with Crippen molar-refractivity contribution in [3.8, 4) is 0 Å². The second-order valence-corrected chi connectivity index (χ2v) is 8.89. The van der Waals surface area contributed by atoms with Crippen molar-refractivity contribution in [1.82, 2.24) is 4.98 Å². The van der Waals surface area contributed by atoms with Crippen LogP contribution in [0.15, 0.2) is 42.6 Å². The number of hydrogen-bond donors (Lipinski definition) is 1. The van der Waals surface area contributed by atoms with Gasteiger partial charge in [-0.25, -0.2) is 18.2 Å². The Morgan fingerprint density at radius 2 is 1.67 bits per heavy atom. The molecule has 0 spiro atoms. The number of sulfone groups is 1. The zero-order valence-electron chi connectivity index (χ0n) is 14.7. The number of nitrogens with zero attached hydrogens (tertiary/aromatic N) is 4. The third-order valence-electron chi connectivity index (χ3n) is 4.96. The van der Waals surface area contributed by atoms with E-state index in [1.807, 2.05) is 40.1 Å². The number of fused-ring (bicyclic) bond motifs is 1. The summed E-state index contributed by atoms with van der Waals surface area (Å²) in [5, 5.41) is 9.40. The van der Waals surface area contributed by atoms with Crippen molar-refractivity contribution in [3.63, 3.8) is 0 Å². The number of amides is 1. The normalized spacial score (nSPS) is 18.9. The monoisotopic (exact) mass is 388 g/mol. The molecule has 8 nitrogen and oxygen atoms in total. The summed E-state index contributed by atoms with van der Waals surface area (Å²) in [7, 11) is -2.92. The summed E-state index contributed by atoms with van der Waals surface area (Å²) in [6, 6.07) is 11.2. The van der Waals surface area contributed by atoms with Crippen LogP contribution in [0.25, 0.3) is 0 Å². The Morgan fingerprint density at radius 1 is 0.963 bits per heavy atom. The van der Waals surface area contributed by atoms with Gasteiger partial charge in [0.15, 0.2) is 9.84 Å². The first-order valence-electron chi connectivity index (χ1n) is 8.73. The Kier molecular flexibility index (Phi) is 4.39. The third kappa shape index (κ3) is 3.42. The Hall–Kier alpha value is -2.81. The lowest BCUT2D eigenvalue weighted by Gasteiger charge is -2.36. The van der Waals surface area contributed by atoms with Gasteiger partial charge < -0.3 is 14.9 Å². The maximum Gasteiger partial charge on any atom is 0.411 e. The fraction of sp³-hybridized carbons (Fsp3) is 0.333. The van der Waals surface area contributed by atoms with E-state index < -0.39 is 15.9 Å². The summed E-state index contributed by atoms with van der Waals surface area (Å²) < 4.78 is 23.2. The van der Waals surface area contributed by atoms with Gasteiger partial charge in [0.2, 0.25) is 0 Å². The molecule has 27 heavy (non-hydrogen) atoms. The van der Waals surface area contributed by atoms with E-state index in [0.29, 0.717) is 31.9 Å². The number of carbonyl (C=O) groups is 1. The molecule has 1 aromatic heterocycles. The highest BCUT2D eigenvalue weighted by atomic mass is 32.2. The van der Waals surface area contributed by atoms with Crippen LogP contribution in [0.3, 0.4) is 0 Å². The number of aromatic nitrogens is 1. The van der Waals surface area contributed by atoms with Crippen LogP contribution in [0.1, 0.15) is 0 Å². The zero-order valence-corrected chi connectivity index (χ0v) is 15.5. The molecule has 0 bridgehead atoms. The van der Waals surface area contributed by atoms with Crippen molar-refractivity contribution in [2.24, 2.45) is 0 Å². The molecule has 1 N–H and O–H groups in total. The van der Waals surface area contributed by atoms with Crippen LogP contribution in [-0.4, -0.2) is 62.3 Å².